The van der Waals surface area contributed by atoms with E-state index < -0.39 is 0 Å². The summed E-state index contributed by atoms with van der Waals surface area (Å²) in [7, 11) is 0. The summed E-state index contributed by atoms with van der Waals surface area (Å²) >= 11 is 5.94. The number of rotatable bonds is 2. The Kier molecular flexibility index (Phi) is 3.20. The Bertz CT molecular complexity index is 1010. The highest BCUT2D eigenvalue weighted by atomic mass is 35.5. The van der Waals surface area contributed by atoms with Crippen LogP contribution in [0.25, 0.3) is 22.6 Å². The third-order valence-electron chi connectivity index (χ3n) is 3.41. The van der Waals surface area contributed by atoms with Crippen LogP contribution in [0.3, 0.4) is 0 Å². The number of aromatic nitrogens is 3. The van der Waals surface area contributed by atoms with E-state index >= 15 is 0 Å². The van der Waals surface area contributed by atoms with E-state index in [1.54, 1.807) is 42.7 Å². The van der Waals surface area contributed by atoms with Gasteiger partial charge in [-0.1, -0.05) is 29.8 Å². The Balaban J connectivity index is 1.70. The molecular weight excluding hydrogens is 314 g/mol. The number of oxazole rings is 1. The fourth-order valence-corrected chi connectivity index (χ4v) is 2.45. The normalized spacial score (nSPS) is 11.0. The molecule has 0 aliphatic heterocycles. The van der Waals surface area contributed by atoms with Crippen LogP contribution in [-0.2, 0) is 0 Å². The zero-order valence-electron chi connectivity index (χ0n) is 11.8. The molecule has 23 heavy (non-hydrogen) atoms. The van der Waals surface area contributed by atoms with Crippen LogP contribution in [0.1, 0.15) is 10.4 Å². The van der Waals surface area contributed by atoms with Gasteiger partial charge in [-0.3, -0.25) is 4.79 Å². The first kappa shape index (κ1) is 13.7. The lowest BCUT2D eigenvalue weighted by molar-refractivity contribution is 0.0945. The molecule has 4 rings (SSSR count). The number of fused-ring (bicyclic) bond motifs is 1. The summed E-state index contributed by atoms with van der Waals surface area (Å²) in [6.07, 6.45) is 3.15. The van der Waals surface area contributed by atoms with Gasteiger partial charge in [0.1, 0.15) is 5.52 Å². The number of hydrogen-bond acceptors (Lipinski definition) is 4. The van der Waals surface area contributed by atoms with Crippen molar-refractivity contribution in [3.05, 3.63) is 71.5 Å². The van der Waals surface area contributed by atoms with Crippen molar-refractivity contribution < 1.29 is 9.21 Å². The van der Waals surface area contributed by atoms with E-state index in [1.165, 1.54) is 4.68 Å². The van der Waals surface area contributed by atoms with Gasteiger partial charge in [-0.15, -0.1) is 0 Å². The maximum absolute atomic E-state index is 12.3. The molecule has 0 unspecified atom stereocenters. The first-order valence-corrected chi connectivity index (χ1v) is 7.29. The number of carbonyl (C=O) groups excluding carboxylic acids is 1. The zero-order valence-corrected chi connectivity index (χ0v) is 12.6. The van der Waals surface area contributed by atoms with Gasteiger partial charge in [0.15, 0.2) is 5.58 Å². The first-order valence-electron chi connectivity index (χ1n) is 6.91. The minimum atomic E-state index is -0.212. The molecule has 0 N–H and O–H groups in total. The number of nitrogens with zero attached hydrogens (tertiary/aromatic N) is 3. The standard InChI is InChI=1S/C17H10ClN3O2/c18-13-6-7-15-14(8-13)20-16(23-15)12-9-19-21(10-12)17(22)11-4-2-1-3-5-11/h1-10H. The molecule has 0 spiro atoms. The molecule has 2 heterocycles. The zero-order chi connectivity index (χ0) is 15.8. The second-order valence-electron chi connectivity index (χ2n) is 4.98. The van der Waals surface area contributed by atoms with Gasteiger partial charge in [0.05, 0.1) is 11.8 Å². The smallest absolute Gasteiger partial charge is 0.278 e. The fourth-order valence-electron chi connectivity index (χ4n) is 2.28. The molecule has 0 amide bonds. The third-order valence-corrected chi connectivity index (χ3v) is 3.64. The number of halogens is 1. The van der Waals surface area contributed by atoms with Gasteiger partial charge in [0.25, 0.3) is 5.91 Å². The molecule has 0 saturated heterocycles. The lowest BCUT2D eigenvalue weighted by Crippen LogP contribution is -2.11. The minimum Gasteiger partial charge on any atom is -0.436 e. The summed E-state index contributed by atoms with van der Waals surface area (Å²) in [4.78, 5) is 16.7. The fraction of sp³-hybridized carbons (Fsp3) is 0. The van der Waals surface area contributed by atoms with Crippen molar-refractivity contribution in [2.45, 2.75) is 0 Å². The molecule has 0 fully saturated rings. The van der Waals surface area contributed by atoms with E-state index in [1.807, 2.05) is 18.2 Å². The Morgan fingerprint density at radius 2 is 1.96 bits per heavy atom. The molecular formula is C17H10ClN3O2. The molecule has 0 aliphatic carbocycles. The molecule has 0 atom stereocenters. The largest absolute Gasteiger partial charge is 0.436 e. The minimum absolute atomic E-state index is 0.212. The highest BCUT2D eigenvalue weighted by Gasteiger charge is 2.14. The maximum Gasteiger partial charge on any atom is 0.278 e. The van der Waals surface area contributed by atoms with Crippen LogP contribution in [0.15, 0.2) is 65.3 Å². The summed E-state index contributed by atoms with van der Waals surface area (Å²) in [5.74, 6) is 0.186. The van der Waals surface area contributed by atoms with Crippen molar-refractivity contribution in [1.82, 2.24) is 14.8 Å². The molecule has 4 aromatic rings. The highest BCUT2D eigenvalue weighted by Crippen LogP contribution is 2.25. The van der Waals surface area contributed by atoms with Crippen molar-refractivity contribution in [1.29, 1.82) is 0 Å². The van der Waals surface area contributed by atoms with E-state index in [0.717, 1.165) is 0 Å². The van der Waals surface area contributed by atoms with Gasteiger partial charge in [-0.05, 0) is 30.3 Å². The van der Waals surface area contributed by atoms with E-state index in [0.29, 0.717) is 33.1 Å². The van der Waals surface area contributed by atoms with Crippen molar-refractivity contribution in [3.63, 3.8) is 0 Å². The van der Waals surface area contributed by atoms with Gasteiger partial charge in [0.2, 0.25) is 5.89 Å². The summed E-state index contributed by atoms with van der Waals surface area (Å²) in [5, 5.41) is 4.69. The quantitative estimate of drug-likeness (QED) is 0.558. The summed E-state index contributed by atoms with van der Waals surface area (Å²) < 4.78 is 6.94. The Morgan fingerprint density at radius 3 is 2.78 bits per heavy atom. The SMILES string of the molecule is O=C(c1ccccc1)n1cc(-c2nc3cc(Cl)ccc3o2)cn1. The predicted octanol–water partition coefficient (Wildman–Crippen LogP) is 4.03. The van der Waals surface area contributed by atoms with Gasteiger partial charge in [0, 0.05) is 16.8 Å². The Hall–Kier alpha value is -2.92. The summed E-state index contributed by atoms with van der Waals surface area (Å²) in [6, 6.07) is 14.2. The van der Waals surface area contributed by atoms with Gasteiger partial charge in [-0.25, -0.2) is 9.67 Å². The molecule has 0 radical (unpaired) electrons. The Morgan fingerprint density at radius 1 is 1.13 bits per heavy atom. The van der Waals surface area contributed by atoms with Crippen LogP contribution in [-0.4, -0.2) is 20.7 Å². The van der Waals surface area contributed by atoms with Crippen LogP contribution in [0.4, 0.5) is 0 Å². The second kappa shape index (κ2) is 5.37. The van der Waals surface area contributed by atoms with Crippen LogP contribution in [0, 0.1) is 0 Å². The highest BCUT2D eigenvalue weighted by molar-refractivity contribution is 6.31. The number of hydrogen-bond donors (Lipinski definition) is 0. The van der Waals surface area contributed by atoms with Crippen LogP contribution >= 0.6 is 11.6 Å². The van der Waals surface area contributed by atoms with Crippen molar-refractivity contribution in [3.8, 4) is 11.5 Å². The van der Waals surface area contributed by atoms with E-state index in [9.17, 15) is 4.79 Å². The molecule has 2 aromatic heterocycles. The van der Waals surface area contributed by atoms with E-state index in [2.05, 4.69) is 10.1 Å². The molecule has 2 aromatic carbocycles. The number of benzene rings is 2. The van der Waals surface area contributed by atoms with Crippen molar-refractivity contribution in [2.75, 3.05) is 0 Å². The average molecular weight is 324 g/mol. The first-order chi connectivity index (χ1) is 11.2. The van der Waals surface area contributed by atoms with Crippen LogP contribution in [0.5, 0.6) is 0 Å². The summed E-state index contributed by atoms with van der Waals surface area (Å²) in [6.45, 7) is 0. The predicted molar refractivity (Wildman–Crippen MR) is 86.4 cm³/mol. The van der Waals surface area contributed by atoms with Gasteiger partial charge < -0.3 is 4.42 Å². The lowest BCUT2D eigenvalue weighted by Gasteiger charge is -1.98. The Labute approximate surface area is 136 Å². The van der Waals surface area contributed by atoms with Gasteiger partial charge >= 0.3 is 0 Å². The van der Waals surface area contributed by atoms with Crippen molar-refractivity contribution in [2.24, 2.45) is 0 Å². The average Bonchev–Trinajstić information content (AvgIpc) is 3.21. The van der Waals surface area contributed by atoms with E-state index in [-0.39, 0.29) is 5.91 Å². The van der Waals surface area contributed by atoms with Crippen LogP contribution < -0.4 is 0 Å². The third kappa shape index (κ3) is 2.51. The molecule has 0 aliphatic rings. The second-order valence-corrected chi connectivity index (χ2v) is 5.41. The van der Waals surface area contributed by atoms with E-state index in [4.69, 9.17) is 16.0 Å². The van der Waals surface area contributed by atoms with Crippen LogP contribution in [0.2, 0.25) is 5.02 Å². The molecule has 0 bridgehead atoms. The molecule has 5 nitrogen and oxygen atoms in total. The monoisotopic (exact) mass is 323 g/mol. The number of carbonyl (C=O) groups is 1. The maximum atomic E-state index is 12.3. The molecule has 6 heteroatoms. The molecule has 0 saturated carbocycles. The van der Waals surface area contributed by atoms with Crippen molar-refractivity contribution >= 4 is 28.6 Å². The summed E-state index contributed by atoms with van der Waals surface area (Å²) in [5.41, 5.74) is 2.48. The lowest BCUT2D eigenvalue weighted by atomic mass is 10.2. The topological polar surface area (TPSA) is 60.9 Å². The molecule has 112 valence electrons. The van der Waals surface area contributed by atoms with Gasteiger partial charge in [-0.2, -0.15) is 5.10 Å².